The monoisotopic (exact) mass is 521 g/mol. The lowest BCUT2D eigenvalue weighted by atomic mass is 9.68. The van der Waals surface area contributed by atoms with Crippen LogP contribution in [0, 0.1) is 0 Å². The van der Waals surface area contributed by atoms with Crippen molar-refractivity contribution in [3.63, 3.8) is 0 Å². The highest BCUT2D eigenvalue weighted by atomic mass is 32.2. The van der Waals surface area contributed by atoms with E-state index < -0.39 is 10.2 Å². The van der Waals surface area contributed by atoms with E-state index in [-0.39, 0.29) is 17.4 Å². The summed E-state index contributed by atoms with van der Waals surface area (Å²) in [4.78, 5) is 13.0. The van der Waals surface area contributed by atoms with Crippen LogP contribution in [0.3, 0.4) is 0 Å². The van der Waals surface area contributed by atoms with Gasteiger partial charge in [0, 0.05) is 31.6 Å². The van der Waals surface area contributed by atoms with Crippen molar-refractivity contribution in [1.82, 2.24) is 14.3 Å². The number of nitrogens with zero attached hydrogens (tertiary/aromatic N) is 1. The molecule has 8 heteroatoms. The van der Waals surface area contributed by atoms with Gasteiger partial charge in [0.2, 0.25) is 0 Å². The van der Waals surface area contributed by atoms with Gasteiger partial charge in [-0.25, -0.2) is 0 Å². The van der Waals surface area contributed by atoms with Gasteiger partial charge in [-0.3, -0.25) is 4.79 Å². The third-order valence-corrected chi connectivity index (χ3v) is 8.82. The van der Waals surface area contributed by atoms with Crippen molar-refractivity contribution in [3.8, 4) is 5.75 Å². The highest BCUT2D eigenvalue weighted by Gasteiger charge is 2.38. The third-order valence-electron chi connectivity index (χ3n) is 7.24. The van der Waals surface area contributed by atoms with Crippen LogP contribution in [0.4, 0.5) is 0 Å². The van der Waals surface area contributed by atoms with Crippen molar-refractivity contribution >= 4 is 16.1 Å². The van der Waals surface area contributed by atoms with Crippen LogP contribution in [0.2, 0.25) is 0 Å². The topological polar surface area (TPSA) is 87.7 Å². The number of hydrogen-bond acceptors (Lipinski definition) is 4. The maximum atomic E-state index is 13.0. The van der Waals surface area contributed by atoms with Gasteiger partial charge < -0.3 is 10.1 Å². The Morgan fingerprint density at radius 1 is 0.946 bits per heavy atom. The Labute approximate surface area is 220 Å². The van der Waals surface area contributed by atoms with Crippen LogP contribution in [0.1, 0.15) is 47.2 Å². The lowest BCUT2D eigenvalue weighted by Gasteiger charge is -2.41. The molecule has 3 aromatic rings. The molecule has 0 bridgehead atoms. The smallest absolute Gasteiger partial charge is 0.279 e. The summed E-state index contributed by atoms with van der Waals surface area (Å²) in [5.74, 6) is 0.351. The maximum Gasteiger partial charge on any atom is 0.279 e. The normalized spacial score (nSPS) is 19.9. The fourth-order valence-corrected chi connectivity index (χ4v) is 6.21. The molecule has 4 rings (SSSR count). The molecule has 0 spiro atoms. The molecular formula is C29H35N3O4S. The molecule has 3 aromatic carbocycles. The summed E-state index contributed by atoms with van der Waals surface area (Å²) in [6.07, 6.45) is 2.85. The molecule has 0 saturated heterocycles. The van der Waals surface area contributed by atoms with Crippen molar-refractivity contribution in [2.24, 2.45) is 0 Å². The Kier molecular flexibility index (Phi) is 8.63. The Balaban J connectivity index is 1.43. The van der Waals surface area contributed by atoms with Gasteiger partial charge in [-0.2, -0.15) is 17.4 Å². The summed E-state index contributed by atoms with van der Waals surface area (Å²) in [6, 6.07) is 26.7. The maximum absolute atomic E-state index is 13.0. The largest absolute Gasteiger partial charge is 0.496 e. The van der Waals surface area contributed by atoms with Crippen molar-refractivity contribution in [2.45, 2.75) is 43.7 Å². The summed E-state index contributed by atoms with van der Waals surface area (Å²) in [6.45, 7) is 0.771. The minimum Gasteiger partial charge on any atom is -0.496 e. The van der Waals surface area contributed by atoms with Gasteiger partial charge in [-0.15, -0.1) is 0 Å². The zero-order chi connectivity index (χ0) is 26.3. The molecule has 196 valence electrons. The quantitative estimate of drug-likeness (QED) is 0.417. The molecule has 1 aliphatic rings. The Hall–Kier alpha value is -3.20. The minimum atomic E-state index is -3.63. The third kappa shape index (κ3) is 6.57. The number of nitrogens with one attached hydrogen (secondary N) is 2. The number of para-hydroxylation sites is 1. The number of amides is 1. The Bertz CT molecular complexity index is 1270. The summed E-state index contributed by atoms with van der Waals surface area (Å²) in [7, 11) is -0.480. The van der Waals surface area contributed by atoms with E-state index in [9.17, 15) is 13.2 Å². The lowest BCUT2D eigenvalue weighted by molar-refractivity contribution is 0.0932. The van der Waals surface area contributed by atoms with Crippen LogP contribution in [0.5, 0.6) is 5.75 Å². The fraction of sp³-hybridized carbons (Fsp3) is 0.345. The average molecular weight is 522 g/mol. The Morgan fingerprint density at radius 2 is 1.54 bits per heavy atom. The second-order valence-electron chi connectivity index (χ2n) is 9.67. The van der Waals surface area contributed by atoms with E-state index in [1.54, 1.807) is 26.3 Å². The fourth-order valence-electron chi connectivity index (χ4n) is 5.05. The molecule has 2 N–H and O–H groups in total. The van der Waals surface area contributed by atoms with Gasteiger partial charge >= 0.3 is 0 Å². The molecule has 7 nitrogen and oxygen atoms in total. The van der Waals surface area contributed by atoms with Gasteiger partial charge in [0.05, 0.1) is 12.7 Å². The summed E-state index contributed by atoms with van der Waals surface area (Å²) in [5.41, 5.74) is 2.30. The number of carbonyl (C=O) groups is 1. The molecule has 0 unspecified atom stereocenters. The first-order valence-corrected chi connectivity index (χ1v) is 14.0. The molecule has 1 fully saturated rings. The van der Waals surface area contributed by atoms with Gasteiger partial charge in [0.1, 0.15) is 5.75 Å². The first-order valence-electron chi connectivity index (χ1n) is 12.6. The van der Waals surface area contributed by atoms with Crippen molar-refractivity contribution in [2.75, 3.05) is 20.7 Å². The Morgan fingerprint density at radius 3 is 2.19 bits per heavy atom. The number of benzene rings is 3. The first kappa shape index (κ1) is 26.9. The van der Waals surface area contributed by atoms with E-state index in [4.69, 9.17) is 4.74 Å². The average Bonchev–Trinajstić information content (AvgIpc) is 2.93. The van der Waals surface area contributed by atoms with Gasteiger partial charge in [-0.1, -0.05) is 72.8 Å². The molecule has 0 aliphatic heterocycles. The molecule has 37 heavy (non-hydrogen) atoms. The molecule has 0 heterocycles. The predicted octanol–water partition coefficient (Wildman–Crippen LogP) is 4.27. The SMILES string of the molecule is COc1ccccc1C(=O)NC[C@]1(c2ccccc2)CC[C@@H](NS(=O)(=O)N(C)Cc2ccccc2)CC1. The van der Waals surface area contributed by atoms with Crippen LogP contribution in [0.15, 0.2) is 84.9 Å². The second-order valence-corrected chi connectivity index (χ2v) is 11.5. The molecular weight excluding hydrogens is 486 g/mol. The number of methoxy groups -OCH3 is 1. The lowest BCUT2D eigenvalue weighted by Crippen LogP contribution is -2.49. The molecule has 1 amide bonds. The number of rotatable bonds is 10. The number of hydrogen-bond donors (Lipinski definition) is 2. The van der Waals surface area contributed by atoms with Crippen LogP contribution < -0.4 is 14.8 Å². The van der Waals surface area contributed by atoms with Crippen LogP contribution in [0.25, 0.3) is 0 Å². The van der Waals surface area contributed by atoms with E-state index >= 15 is 0 Å². The van der Waals surface area contributed by atoms with Crippen LogP contribution in [-0.2, 0) is 22.2 Å². The second kappa shape index (κ2) is 11.9. The molecule has 0 radical (unpaired) electrons. The van der Waals surface area contributed by atoms with E-state index in [1.807, 2.05) is 60.7 Å². The zero-order valence-corrected chi connectivity index (χ0v) is 22.2. The first-order chi connectivity index (χ1) is 17.8. The highest BCUT2D eigenvalue weighted by molar-refractivity contribution is 7.87. The van der Waals surface area contributed by atoms with Crippen LogP contribution >= 0.6 is 0 Å². The number of carbonyl (C=O) groups excluding carboxylic acids is 1. The van der Waals surface area contributed by atoms with E-state index in [0.717, 1.165) is 24.0 Å². The van der Waals surface area contributed by atoms with Gasteiger partial charge in [0.15, 0.2) is 0 Å². The molecule has 1 aliphatic carbocycles. The van der Waals surface area contributed by atoms with E-state index in [0.29, 0.717) is 37.2 Å². The van der Waals surface area contributed by atoms with Crippen molar-refractivity contribution in [3.05, 3.63) is 102 Å². The minimum absolute atomic E-state index is 0.162. The zero-order valence-electron chi connectivity index (χ0n) is 21.4. The van der Waals surface area contributed by atoms with Crippen molar-refractivity contribution in [1.29, 1.82) is 0 Å². The molecule has 0 aromatic heterocycles. The standard InChI is InChI=1S/C29H35N3O4S/c1-32(21-23-11-5-3-6-12-23)37(34,35)31-25-17-19-29(20-18-25,24-13-7-4-8-14-24)22-30-28(33)26-15-9-10-16-27(26)36-2/h3-16,25,31H,17-22H2,1-2H3,(H,30,33)/t25-,29+. The highest BCUT2D eigenvalue weighted by Crippen LogP contribution is 2.39. The summed E-state index contributed by atoms with van der Waals surface area (Å²) >= 11 is 0. The summed E-state index contributed by atoms with van der Waals surface area (Å²) < 4.78 is 35.6. The molecule has 0 atom stereocenters. The predicted molar refractivity (Wildman–Crippen MR) is 146 cm³/mol. The van der Waals surface area contributed by atoms with Crippen molar-refractivity contribution < 1.29 is 17.9 Å². The van der Waals surface area contributed by atoms with E-state index in [2.05, 4.69) is 22.2 Å². The summed E-state index contributed by atoms with van der Waals surface area (Å²) in [5, 5.41) is 3.13. The van der Waals surface area contributed by atoms with Crippen LogP contribution in [-0.4, -0.2) is 45.4 Å². The van der Waals surface area contributed by atoms with Gasteiger partial charge in [0.25, 0.3) is 16.1 Å². The molecule has 1 saturated carbocycles. The van der Waals surface area contributed by atoms with E-state index in [1.165, 1.54) is 4.31 Å². The van der Waals surface area contributed by atoms with Gasteiger partial charge in [-0.05, 0) is 48.9 Å². The number of ether oxygens (including phenoxy) is 1.